The number of alkyl carbamates (subject to hydrolysis) is 1. The Morgan fingerprint density at radius 2 is 1.48 bits per heavy atom. The predicted octanol–water partition coefficient (Wildman–Crippen LogP) is 3.15. The predicted molar refractivity (Wildman–Crippen MR) is 199 cm³/mol. The molecule has 0 aliphatic heterocycles. The van der Waals surface area contributed by atoms with E-state index >= 15 is 0 Å². The van der Waals surface area contributed by atoms with Crippen LogP contribution in [0.2, 0.25) is 0 Å². The molecule has 0 saturated heterocycles. The first-order chi connectivity index (χ1) is 25.7. The van der Waals surface area contributed by atoms with E-state index in [0.717, 1.165) is 10.8 Å². The first-order valence-corrected chi connectivity index (χ1v) is 17.1. The number of aliphatic hydroxyl groups excluding tert-OH is 1. The van der Waals surface area contributed by atoms with E-state index in [0.29, 0.717) is 16.8 Å². The summed E-state index contributed by atoms with van der Waals surface area (Å²) in [6.45, 7) is 4.19. The molecule has 0 spiro atoms. The van der Waals surface area contributed by atoms with Crippen LogP contribution in [-0.4, -0.2) is 84.7 Å². The average Bonchev–Trinajstić information content (AvgIpc) is 3.14. The van der Waals surface area contributed by atoms with Crippen LogP contribution in [-0.2, 0) is 46.5 Å². The fourth-order valence-corrected chi connectivity index (χ4v) is 5.24. The van der Waals surface area contributed by atoms with Crippen molar-refractivity contribution in [2.75, 3.05) is 25.5 Å². The van der Waals surface area contributed by atoms with Crippen LogP contribution >= 0.6 is 0 Å². The fourth-order valence-electron chi connectivity index (χ4n) is 5.24. The highest BCUT2D eigenvalue weighted by Crippen LogP contribution is 2.20. The number of anilines is 1. The molecule has 0 radical (unpaired) electrons. The Hall–Kier alpha value is -6.19. The molecule has 0 unspecified atom stereocenters. The van der Waals surface area contributed by atoms with E-state index in [1.54, 1.807) is 57.2 Å². The maximum atomic E-state index is 14.2. The van der Waals surface area contributed by atoms with Gasteiger partial charge in [0.15, 0.2) is 0 Å². The number of methoxy groups -OCH3 is 1. The van der Waals surface area contributed by atoms with E-state index in [1.807, 2.05) is 30.3 Å². The Balaban J connectivity index is 1.94. The third-order valence-corrected chi connectivity index (χ3v) is 7.87. The van der Waals surface area contributed by atoms with Crippen LogP contribution in [0, 0.1) is 0 Å². The lowest BCUT2D eigenvalue weighted by Crippen LogP contribution is -2.57. The van der Waals surface area contributed by atoms with Crippen LogP contribution in [0.1, 0.15) is 51.2 Å². The van der Waals surface area contributed by atoms with Gasteiger partial charge in [-0.05, 0) is 73.2 Å². The van der Waals surface area contributed by atoms with Gasteiger partial charge in [0, 0.05) is 30.0 Å². The van der Waals surface area contributed by atoms with Crippen molar-refractivity contribution in [3.05, 3.63) is 88.3 Å². The van der Waals surface area contributed by atoms with Crippen molar-refractivity contribution in [3.8, 4) is 0 Å². The summed E-state index contributed by atoms with van der Waals surface area (Å²) >= 11 is 0. The van der Waals surface area contributed by atoms with Gasteiger partial charge in [0.25, 0.3) is 0 Å². The number of amides is 5. The Morgan fingerprint density at radius 3 is 2.15 bits per heavy atom. The number of ether oxygens (including phenoxy) is 2. The van der Waals surface area contributed by atoms with Gasteiger partial charge < -0.3 is 41.2 Å². The summed E-state index contributed by atoms with van der Waals surface area (Å²) in [7, 11) is 1.17. The van der Waals surface area contributed by atoms with Crippen molar-refractivity contribution in [2.45, 2.75) is 76.8 Å². The molecule has 17 heteroatoms. The minimum atomic E-state index is -1.34. The molecule has 288 valence electrons. The minimum Gasteiger partial charge on any atom is -0.469 e. The molecule has 0 aliphatic carbocycles. The second kappa shape index (κ2) is 20.7. The molecule has 3 atom stereocenters. The van der Waals surface area contributed by atoms with E-state index in [1.165, 1.54) is 7.11 Å². The summed E-state index contributed by atoms with van der Waals surface area (Å²) in [6, 6.07) is 15.4. The SMILES string of the molecule is COC(=O)CC[C@H](NC(=O)CN=[N+]=[N-])C(=O)N[C@@H](Cc1cccc2ccccc12)C(=O)N[C@@H](CCNC(=O)OC(C)(C)C)C(=O)Nc1ccc(CO)cc1. The quantitative estimate of drug-likeness (QED) is 0.0483. The standard InChI is InChI=1S/C37H46N8O9/c1-37(2,3)54-36(52)39-19-18-29(33(49)41-26-14-12-23(22-46)13-15-26)43-35(51)30(20-25-10-7-9-24-8-5-6-11-27(24)25)44-34(50)28(16-17-32(48)53-4)42-31(47)21-40-45-38/h5-15,28-30,46H,16-22H2,1-4H3,(H,39,52)(H,41,49)(H,42,47)(H,43,51)(H,44,50)/t28-,29-,30-/m0/s1. The molecular formula is C37H46N8O9. The molecule has 3 rings (SSSR count). The summed E-state index contributed by atoms with van der Waals surface area (Å²) in [5.74, 6) is -3.68. The number of hydrogen-bond donors (Lipinski definition) is 6. The number of fused-ring (bicyclic) bond motifs is 1. The van der Waals surface area contributed by atoms with Crippen molar-refractivity contribution in [1.82, 2.24) is 21.3 Å². The van der Waals surface area contributed by atoms with Gasteiger partial charge in [-0.1, -0.05) is 59.7 Å². The number of nitrogens with zero attached hydrogens (tertiary/aromatic N) is 3. The lowest BCUT2D eigenvalue weighted by atomic mass is 9.97. The molecular weight excluding hydrogens is 700 g/mol. The molecule has 54 heavy (non-hydrogen) atoms. The van der Waals surface area contributed by atoms with Gasteiger partial charge in [-0.2, -0.15) is 0 Å². The molecule has 17 nitrogen and oxygen atoms in total. The van der Waals surface area contributed by atoms with Crippen molar-refractivity contribution >= 4 is 52.2 Å². The van der Waals surface area contributed by atoms with Crippen molar-refractivity contribution < 1.29 is 43.3 Å². The zero-order valence-corrected chi connectivity index (χ0v) is 30.6. The monoisotopic (exact) mass is 746 g/mol. The van der Waals surface area contributed by atoms with E-state index in [2.05, 4.69) is 41.3 Å². The van der Waals surface area contributed by atoms with Crippen LogP contribution in [0.15, 0.2) is 71.8 Å². The van der Waals surface area contributed by atoms with Gasteiger partial charge in [0.2, 0.25) is 23.6 Å². The largest absolute Gasteiger partial charge is 0.469 e. The summed E-state index contributed by atoms with van der Waals surface area (Å²) < 4.78 is 9.97. The number of azide groups is 1. The highest BCUT2D eigenvalue weighted by molar-refractivity contribution is 5.99. The number of carbonyl (C=O) groups is 6. The third-order valence-electron chi connectivity index (χ3n) is 7.87. The fraction of sp³-hybridized carbons (Fsp3) is 0.405. The van der Waals surface area contributed by atoms with Crippen LogP contribution in [0.25, 0.3) is 21.2 Å². The summed E-state index contributed by atoms with van der Waals surface area (Å²) in [5.41, 5.74) is 9.53. The Labute approximate surface area is 312 Å². The maximum Gasteiger partial charge on any atom is 0.407 e. The summed E-state index contributed by atoms with van der Waals surface area (Å²) in [4.78, 5) is 81.0. The molecule has 0 saturated carbocycles. The third kappa shape index (κ3) is 14.1. The zero-order valence-electron chi connectivity index (χ0n) is 30.6. The van der Waals surface area contributed by atoms with Gasteiger partial charge in [0.1, 0.15) is 30.3 Å². The van der Waals surface area contributed by atoms with Crippen LogP contribution in [0.4, 0.5) is 10.5 Å². The zero-order chi connectivity index (χ0) is 39.7. The average molecular weight is 747 g/mol. The number of hydrogen-bond acceptors (Lipinski definition) is 10. The summed E-state index contributed by atoms with van der Waals surface area (Å²) in [6.07, 6.45) is -1.34. The molecule has 0 aromatic heterocycles. The lowest BCUT2D eigenvalue weighted by molar-refractivity contribution is -0.141. The maximum absolute atomic E-state index is 14.2. The Morgan fingerprint density at radius 1 is 0.833 bits per heavy atom. The van der Waals surface area contributed by atoms with Crippen molar-refractivity contribution in [2.24, 2.45) is 5.11 Å². The molecule has 0 heterocycles. The summed E-state index contributed by atoms with van der Waals surface area (Å²) in [5, 5.41) is 27.4. The Bertz CT molecular complexity index is 1830. The van der Waals surface area contributed by atoms with Gasteiger partial charge in [-0.15, -0.1) is 0 Å². The topological polar surface area (TPSA) is 250 Å². The number of nitrogens with one attached hydrogen (secondary N) is 5. The van der Waals surface area contributed by atoms with E-state index < -0.39 is 66.0 Å². The number of aliphatic hydroxyl groups is 1. The minimum absolute atomic E-state index is 0.0531. The van der Waals surface area contributed by atoms with Gasteiger partial charge >= 0.3 is 12.1 Å². The highest BCUT2D eigenvalue weighted by atomic mass is 16.6. The molecule has 0 fully saturated rings. The number of carbonyl (C=O) groups excluding carboxylic acids is 6. The molecule has 5 amide bonds. The van der Waals surface area contributed by atoms with Crippen LogP contribution < -0.4 is 26.6 Å². The highest BCUT2D eigenvalue weighted by Gasteiger charge is 2.31. The molecule has 3 aromatic rings. The number of rotatable bonds is 18. The smallest absolute Gasteiger partial charge is 0.407 e. The first kappa shape index (κ1) is 42.2. The second-order valence-corrected chi connectivity index (χ2v) is 13.2. The van der Waals surface area contributed by atoms with Gasteiger partial charge in [-0.3, -0.25) is 24.0 Å². The normalized spacial score (nSPS) is 12.5. The van der Waals surface area contributed by atoms with Crippen LogP contribution in [0.3, 0.4) is 0 Å². The van der Waals surface area contributed by atoms with E-state index in [9.17, 15) is 33.9 Å². The lowest BCUT2D eigenvalue weighted by Gasteiger charge is -2.26. The van der Waals surface area contributed by atoms with Crippen molar-refractivity contribution in [1.29, 1.82) is 0 Å². The van der Waals surface area contributed by atoms with Crippen molar-refractivity contribution in [3.63, 3.8) is 0 Å². The first-order valence-electron chi connectivity index (χ1n) is 17.1. The molecule has 0 aliphatic rings. The van der Waals surface area contributed by atoms with Gasteiger partial charge in [-0.25, -0.2) is 4.79 Å². The molecule has 6 N–H and O–H groups in total. The van der Waals surface area contributed by atoms with E-state index in [4.69, 9.17) is 10.3 Å². The molecule has 0 bridgehead atoms. The molecule has 3 aromatic carbocycles. The van der Waals surface area contributed by atoms with Crippen LogP contribution in [0.5, 0.6) is 0 Å². The number of esters is 1. The number of benzene rings is 3. The van der Waals surface area contributed by atoms with E-state index in [-0.39, 0.29) is 38.8 Å². The Kier molecular flexibility index (Phi) is 16.2. The second-order valence-electron chi connectivity index (χ2n) is 13.2. The van der Waals surface area contributed by atoms with Gasteiger partial charge in [0.05, 0.1) is 13.7 Å².